The number of H-pyrrole nitrogens is 1. The number of fused-ring (bicyclic) bond motifs is 2. The molecule has 0 atom stereocenters. The second-order valence-corrected chi connectivity index (χ2v) is 8.32. The Bertz CT molecular complexity index is 1690. The Morgan fingerprint density at radius 2 is 1.89 bits per heavy atom. The first-order chi connectivity index (χ1) is 17.1. The molecule has 0 radical (unpaired) electrons. The van der Waals surface area contributed by atoms with Gasteiger partial charge in [-0.25, -0.2) is 9.97 Å². The number of hydrogen-bond acceptors (Lipinski definition) is 7. The fourth-order valence-corrected chi connectivity index (χ4v) is 3.92. The number of tetrazole rings is 1. The summed E-state index contributed by atoms with van der Waals surface area (Å²) in [4.78, 5) is 9.11. The lowest BCUT2D eigenvalue weighted by Gasteiger charge is -2.10. The number of aromatic amines is 1. The number of hydrogen-bond donors (Lipinski definition) is 1. The van der Waals surface area contributed by atoms with Crippen LogP contribution in [0.15, 0.2) is 83.8 Å². The molecule has 0 spiro atoms. The molecule has 0 aliphatic heterocycles. The van der Waals surface area contributed by atoms with Crippen molar-refractivity contribution in [2.45, 2.75) is 6.61 Å². The molecule has 1 N–H and O–H groups in total. The molecule has 6 aromatic rings. The van der Waals surface area contributed by atoms with Crippen LogP contribution in [-0.4, -0.2) is 30.6 Å². The van der Waals surface area contributed by atoms with Gasteiger partial charge < -0.3 is 9.15 Å². The molecule has 3 aromatic carbocycles. The van der Waals surface area contributed by atoms with E-state index in [0.29, 0.717) is 34.4 Å². The van der Waals surface area contributed by atoms with Gasteiger partial charge in [-0.3, -0.25) is 0 Å². The van der Waals surface area contributed by atoms with Crippen LogP contribution in [0.3, 0.4) is 0 Å². The van der Waals surface area contributed by atoms with E-state index in [1.807, 2.05) is 72.8 Å². The van der Waals surface area contributed by atoms with Crippen LogP contribution in [0, 0.1) is 0 Å². The summed E-state index contributed by atoms with van der Waals surface area (Å²) in [6, 6.07) is 23.1. The average Bonchev–Trinajstić information content (AvgIpc) is 3.56. The minimum atomic E-state index is 0.306. The van der Waals surface area contributed by atoms with Crippen molar-refractivity contribution in [1.29, 1.82) is 0 Å². The third-order valence-corrected chi connectivity index (χ3v) is 5.78. The van der Waals surface area contributed by atoms with Crippen molar-refractivity contribution in [3.05, 3.63) is 101 Å². The van der Waals surface area contributed by atoms with Gasteiger partial charge in [-0.15, -0.1) is 10.2 Å². The summed E-state index contributed by atoms with van der Waals surface area (Å²) in [5.74, 6) is 1.33. The van der Waals surface area contributed by atoms with E-state index in [1.54, 1.807) is 0 Å². The molecule has 35 heavy (non-hydrogen) atoms. The minimum absolute atomic E-state index is 0.306. The largest absolute Gasteiger partial charge is 0.489 e. The van der Waals surface area contributed by atoms with Gasteiger partial charge in [0.25, 0.3) is 11.7 Å². The monoisotopic (exact) mass is 480 g/mol. The van der Waals surface area contributed by atoms with Gasteiger partial charge in [0.1, 0.15) is 17.9 Å². The zero-order chi connectivity index (χ0) is 23.8. The molecule has 0 bridgehead atoms. The highest BCUT2D eigenvalue weighted by Crippen LogP contribution is 2.27. The number of pyridine rings is 1. The van der Waals surface area contributed by atoms with Crippen LogP contribution in [-0.2, 0) is 6.61 Å². The summed E-state index contributed by atoms with van der Waals surface area (Å²) in [5, 5.41) is 15.4. The highest BCUT2D eigenvalue weighted by Gasteiger charge is 2.13. The van der Waals surface area contributed by atoms with Gasteiger partial charge in [-0.2, -0.15) is 5.21 Å². The van der Waals surface area contributed by atoms with E-state index < -0.39 is 0 Å². The number of nitrogens with zero attached hydrogens (tertiary/aromatic N) is 5. The second kappa shape index (κ2) is 8.66. The van der Waals surface area contributed by atoms with Crippen LogP contribution in [0.1, 0.15) is 16.8 Å². The molecule has 0 aliphatic carbocycles. The maximum Gasteiger partial charge on any atom is 0.269 e. The Morgan fingerprint density at radius 3 is 2.77 bits per heavy atom. The van der Waals surface area contributed by atoms with E-state index in [9.17, 15) is 0 Å². The molecule has 170 valence electrons. The Balaban J connectivity index is 1.20. The van der Waals surface area contributed by atoms with Gasteiger partial charge in [-0.1, -0.05) is 48.5 Å². The normalized spacial score (nSPS) is 11.2. The molecule has 3 aromatic heterocycles. The van der Waals surface area contributed by atoms with E-state index in [2.05, 4.69) is 32.2 Å². The molecule has 0 fully saturated rings. The van der Waals surface area contributed by atoms with Gasteiger partial charge in [0.15, 0.2) is 5.58 Å². The van der Waals surface area contributed by atoms with Crippen LogP contribution < -0.4 is 4.74 Å². The van der Waals surface area contributed by atoms with E-state index in [1.165, 1.54) is 0 Å². The Morgan fingerprint density at radius 1 is 0.971 bits per heavy atom. The first kappa shape index (κ1) is 21.0. The Hall–Kier alpha value is -4.56. The maximum absolute atomic E-state index is 6.13. The van der Waals surface area contributed by atoms with Crippen LogP contribution in [0.4, 0.5) is 0 Å². The van der Waals surface area contributed by atoms with Crippen LogP contribution in [0.2, 0.25) is 5.02 Å². The van der Waals surface area contributed by atoms with Crippen molar-refractivity contribution in [3.63, 3.8) is 0 Å². The van der Waals surface area contributed by atoms with Crippen molar-refractivity contribution in [3.8, 4) is 17.5 Å². The number of halogens is 1. The van der Waals surface area contributed by atoms with Crippen molar-refractivity contribution in [2.75, 3.05) is 0 Å². The summed E-state index contributed by atoms with van der Waals surface area (Å²) in [5.41, 5.74) is 5.59. The lowest BCUT2D eigenvalue weighted by Crippen LogP contribution is -1.97. The van der Waals surface area contributed by atoms with E-state index in [0.717, 1.165) is 39.0 Å². The maximum atomic E-state index is 6.13. The van der Waals surface area contributed by atoms with Crippen molar-refractivity contribution < 1.29 is 9.15 Å². The quantitative estimate of drug-likeness (QED) is 0.319. The lowest BCUT2D eigenvalue weighted by atomic mass is 10.0. The topological polar surface area (TPSA) is 103 Å². The highest BCUT2D eigenvalue weighted by atomic mass is 35.5. The lowest BCUT2D eigenvalue weighted by molar-refractivity contribution is 0.306. The molecular formula is C26H17ClN6O2. The zero-order valence-corrected chi connectivity index (χ0v) is 19.0. The van der Waals surface area contributed by atoms with Crippen LogP contribution >= 0.6 is 11.6 Å². The summed E-state index contributed by atoms with van der Waals surface area (Å²) >= 11 is 6.13. The summed E-state index contributed by atoms with van der Waals surface area (Å²) in [7, 11) is 0. The fourth-order valence-electron chi connectivity index (χ4n) is 3.75. The number of aromatic nitrogens is 6. The van der Waals surface area contributed by atoms with Gasteiger partial charge in [0, 0.05) is 16.0 Å². The number of benzene rings is 3. The first-order valence-corrected chi connectivity index (χ1v) is 11.1. The first-order valence-electron chi connectivity index (χ1n) is 10.7. The van der Waals surface area contributed by atoms with Crippen LogP contribution in [0.25, 0.3) is 39.3 Å². The minimum Gasteiger partial charge on any atom is -0.489 e. The SMILES string of the molecule is C=C(c1cccc(OCc2ccc3nc(-c4nn[nH]n4)oc3c2)c1)c1ccc2ccc(Cl)cc2n1. The van der Waals surface area contributed by atoms with Gasteiger partial charge in [-0.05, 0) is 58.8 Å². The van der Waals surface area contributed by atoms with Gasteiger partial charge >= 0.3 is 0 Å². The van der Waals surface area contributed by atoms with Crippen molar-refractivity contribution in [1.82, 2.24) is 30.6 Å². The fraction of sp³-hybridized carbons (Fsp3) is 0.0385. The summed E-state index contributed by atoms with van der Waals surface area (Å²) < 4.78 is 11.8. The third kappa shape index (κ3) is 4.22. The molecule has 6 rings (SSSR count). The third-order valence-electron chi connectivity index (χ3n) is 5.54. The molecular weight excluding hydrogens is 464 g/mol. The smallest absolute Gasteiger partial charge is 0.269 e. The summed E-state index contributed by atoms with van der Waals surface area (Å²) in [6.07, 6.45) is 0. The standard InChI is InChI=1S/C26H17ClN6O2/c1-15(21-10-7-17-6-8-19(27)13-23(17)28-21)18-3-2-4-20(12-18)34-14-16-5-9-22-24(11-16)35-26(29-22)25-30-32-33-31-25/h2-13H,1,14H2,(H,30,31,32,33). The second-order valence-electron chi connectivity index (χ2n) is 7.89. The summed E-state index contributed by atoms with van der Waals surface area (Å²) in [6.45, 7) is 4.61. The van der Waals surface area contributed by atoms with Crippen LogP contribution in [0.5, 0.6) is 5.75 Å². The van der Waals surface area contributed by atoms with Gasteiger partial charge in [0.2, 0.25) is 0 Å². The van der Waals surface area contributed by atoms with E-state index >= 15 is 0 Å². The molecule has 9 heteroatoms. The molecule has 0 unspecified atom stereocenters. The Labute approximate surface area is 204 Å². The molecule has 3 heterocycles. The average molecular weight is 481 g/mol. The highest BCUT2D eigenvalue weighted by molar-refractivity contribution is 6.31. The van der Waals surface area contributed by atoms with E-state index in [-0.39, 0.29) is 0 Å². The Kier molecular flexibility index (Phi) is 5.20. The number of nitrogens with one attached hydrogen (secondary N) is 1. The number of rotatable bonds is 6. The molecule has 0 aliphatic rings. The molecule has 8 nitrogen and oxygen atoms in total. The molecule has 0 amide bonds. The van der Waals surface area contributed by atoms with Gasteiger partial charge in [0.05, 0.1) is 11.2 Å². The zero-order valence-electron chi connectivity index (χ0n) is 18.3. The van der Waals surface area contributed by atoms with E-state index in [4.69, 9.17) is 25.7 Å². The number of ether oxygens (including phenoxy) is 1. The predicted octanol–water partition coefficient (Wildman–Crippen LogP) is 5.85. The number of oxazole rings is 1. The molecule has 0 saturated carbocycles. The van der Waals surface area contributed by atoms with Crippen molar-refractivity contribution >= 4 is 39.2 Å². The predicted molar refractivity (Wildman–Crippen MR) is 133 cm³/mol. The van der Waals surface area contributed by atoms with Crippen molar-refractivity contribution in [2.24, 2.45) is 0 Å². The molecule has 0 saturated heterocycles.